The summed E-state index contributed by atoms with van der Waals surface area (Å²) in [5, 5.41) is 39.1. The normalized spacial score (nSPS) is 26.4. The van der Waals surface area contributed by atoms with Crippen molar-refractivity contribution >= 4 is 0 Å². The molecule has 1 aliphatic rings. The zero-order valence-electron chi connectivity index (χ0n) is 19.4. The number of nitrogens with two attached hydrogens (primary N) is 1. The van der Waals surface area contributed by atoms with Gasteiger partial charge in [-0.05, 0) is 12.8 Å². The van der Waals surface area contributed by atoms with Crippen molar-refractivity contribution in [1.82, 2.24) is 0 Å². The van der Waals surface area contributed by atoms with Crippen LogP contribution in [0.2, 0.25) is 0 Å². The minimum atomic E-state index is -1.20. The van der Waals surface area contributed by atoms with Crippen LogP contribution in [-0.2, 0) is 9.47 Å². The molecular formula is C24H47NO6. The van der Waals surface area contributed by atoms with E-state index in [0.29, 0.717) is 0 Å². The molecule has 0 amide bonds. The first-order valence-electron chi connectivity index (χ1n) is 12.3. The Morgan fingerprint density at radius 1 is 1.00 bits per heavy atom. The zero-order chi connectivity index (χ0) is 22.9. The Bertz CT molecular complexity index is 450. The van der Waals surface area contributed by atoms with E-state index in [-0.39, 0.29) is 19.6 Å². The fourth-order valence-corrected chi connectivity index (χ4v) is 3.78. The second-order valence-corrected chi connectivity index (χ2v) is 8.84. The van der Waals surface area contributed by atoms with Gasteiger partial charge in [-0.15, -0.1) is 0 Å². The quantitative estimate of drug-likeness (QED) is 0.162. The van der Waals surface area contributed by atoms with Gasteiger partial charge in [0.05, 0.1) is 37.6 Å². The van der Waals surface area contributed by atoms with Gasteiger partial charge in [0.15, 0.2) is 6.29 Å². The molecular weight excluding hydrogens is 398 g/mol. The van der Waals surface area contributed by atoms with Crippen molar-refractivity contribution in [2.75, 3.05) is 13.2 Å². The summed E-state index contributed by atoms with van der Waals surface area (Å²) in [6, 6.07) is -0.670. The number of aliphatic hydroxyl groups is 4. The molecule has 7 heteroatoms. The summed E-state index contributed by atoms with van der Waals surface area (Å²) in [6.07, 6.45) is 14.4. The smallest absolute Gasteiger partial charge is 0.186 e. The molecule has 0 aromatic rings. The molecule has 6 N–H and O–H groups in total. The van der Waals surface area contributed by atoms with Gasteiger partial charge in [-0.25, -0.2) is 0 Å². The van der Waals surface area contributed by atoms with Gasteiger partial charge < -0.3 is 35.6 Å². The third kappa shape index (κ3) is 12.9. The fraction of sp³-hybridized carbons (Fsp3) is 0.917. The van der Waals surface area contributed by atoms with Gasteiger partial charge in [0.2, 0.25) is 0 Å². The lowest BCUT2D eigenvalue weighted by atomic mass is 10.0. The largest absolute Gasteiger partial charge is 0.394 e. The zero-order valence-corrected chi connectivity index (χ0v) is 19.4. The van der Waals surface area contributed by atoms with Crippen molar-refractivity contribution in [3.8, 4) is 0 Å². The molecule has 184 valence electrons. The van der Waals surface area contributed by atoms with Gasteiger partial charge in [0.1, 0.15) is 6.10 Å². The molecule has 0 saturated carbocycles. The molecule has 1 fully saturated rings. The Morgan fingerprint density at radius 2 is 1.58 bits per heavy atom. The van der Waals surface area contributed by atoms with Crippen molar-refractivity contribution in [1.29, 1.82) is 0 Å². The van der Waals surface area contributed by atoms with Crippen LogP contribution in [0.15, 0.2) is 12.2 Å². The number of allylic oxidation sites excluding steroid dienone is 1. The highest BCUT2D eigenvalue weighted by atomic mass is 16.7. The number of ether oxygens (including phenoxy) is 2. The monoisotopic (exact) mass is 445 g/mol. The summed E-state index contributed by atoms with van der Waals surface area (Å²) in [4.78, 5) is 0. The molecule has 0 bridgehead atoms. The molecule has 7 nitrogen and oxygen atoms in total. The van der Waals surface area contributed by atoms with Crippen molar-refractivity contribution in [3.63, 3.8) is 0 Å². The molecule has 1 rings (SSSR count). The molecule has 31 heavy (non-hydrogen) atoms. The summed E-state index contributed by atoms with van der Waals surface area (Å²) in [7, 11) is 0. The van der Waals surface area contributed by atoms with Gasteiger partial charge in [-0.3, -0.25) is 0 Å². The van der Waals surface area contributed by atoms with E-state index in [0.717, 1.165) is 12.8 Å². The third-order valence-corrected chi connectivity index (χ3v) is 5.91. The fourth-order valence-electron chi connectivity index (χ4n) is 3.78. The average molecular weight is 446 g/mol. The molecule has 5 unspecified atom stereocenters. The molecule has 1 saturated heterocycles. The highest BCUT2D eigenvalue weighted by molar-refractivity contribution is 4.94. The Morgan fingerprint density at radius 3 is 2.16 bits per heavy atom. The molecule has 0 radical (unpaired) electrons. The van der Waals surface area contributed by atoms with Crippen LogP contribution in [0.5, 0.6) is 0 Å². The molecule has 0 spiro atoms. The molecule has 1 aliphatic heterocycles. The van der Waals surface area contributed by atoms with E-state index < -0.39 is 36.7 Å². The summed E-state index contributed by atoms with van der Waals surface area (Å²) >= 11 is 0. The first kappa shape index (κ1) is 28.5. The van der Waals surface area contributed by atoms with Crippen LogP contribution in [0.1, 0.15) is 90.4 Å². The SMILES string of the molecule is CCCCCCCCCCCCC/C=C/C(O)C(N)COC1OC(CO)CC(O)[C@H]1O. The van der Waals surface area contributed by atoms with E-state index >= 15 is 0 Å². The lowest BCUT2D eigenvalue weighted by molar-refractivity contribution is -0.272. The van der Waals surface area contributed by atoms with E-state index in [2.05, 4.69) is 6.92 Å². The predicted octanol–water partition coefficient (Wildman–Crippen LogP) is 2.78. The van der Waals surface area contributed by atoms with Gasteiger partial charge in [-0.1, -0.05) is 83.3 Å². The number of aliphatic hydroxyl groups excluding tert-OH is 4. The van der Waals surface area contributed by atoms with Crippen LogP contribution in [0.4, 0.5) is 0 Å². The molecule has 6 atom stereocenters. The van der Waals surface area contributed by atoms with Crippen LogP contribution >= 0.6 is 0 Å². The van der Waals surface area contributed by atoms with Crippen LogP contribution in [0.25, 0.3) is 0 Å². The Balaban J connectivity index is 2.05. The minimum absolute atomic E-state index is 0.0312. The summed E-state index contributed by atoms with van der Waals surface area (Å²) in [6.45, 7) is 1.95. The predicted molar refractivity (Wildman–Crippen MR) is 123 cm³/mol. The maximum atomic E-state index is 10.2. The highest BCUT2D eigenvalue weighted by Crippen LogP contribution is 2.21. The van der Waals surface area contributed by atoms with E-state index in [1.165, 1.54) is 64.2 Å². The molecule has 0 aromatic carbocycles. The van der Waals surface area contributed by atoms with Crippen molar-refractivity contribution in [2.45, 2.75) is 127 Å². The Kier molecular flexibility index (Phi) is 16.5. The second kappa shape index (κ2) is 18.0. The van der Waals surface area contributed by atoms with Gasteiger partial charge in [0, 0.05) is 6.42 Å². The Labute approximate surface area is 188 Å². The van der Waals surface area contributed by atoms with Crippen LogP contribution in [0.3, 0.4) is 0 Å². The topological polar surface area (TPSA) is 125 Å². The summed E-state index contributed by atoms with van der Waals surface area (Å²) in [5.41, 5.74) is 5.95. The molecule has 0 aliphatic carbocycles. The van der Waals surface area contributed by atoms with E-state index in [9.17, 15) is 20.4 Å². The number of unbranched alkanes of at least 4 members (excludes halogenated alkanes) is 11. The summed E-state index contributed by atoms with van der Waals surface area (Å²) < 4.78 is 10.8. The van der Waals surface area contributed by atoms with E-state index in [1.807, 2.05) is 6.08 Å². The minimum Gasteiger partial charge on any atom is -0.394 e. The first-order chi connectivity index (χ1) is 15.0. The standard InChI is InChI=1S/C24H47NO6/c1-2-3-4-5-6-7-8-9-10-11-12-13-14-15-21(27)20(25)18-30-24-23(29)22(28)16-19(17-26)31-24/h14-15,19-24,26-29H,2-13,16-18,25H2,1H3/b15-14+/t19?,20?,21?,22?,23-,24?/m1/s1. The van der Waals surface area contributed by atoms with Crippen LogP contribution in [0, 0.1) is 0 Å². The van der Waals surface area contributed by atoms with Crippen molar-refractivity contribution < 1.29 is 29.9 Å². The van der Waals surface area contributed by atoms with Crippen LogP contribution in [-0.4, -0.2) is 70.4 Å². The first-order valence-corrected chi connectivity index (χ1v) is 12.3. The van der Waals surface area contributed by atoms with Gasteiger partial charge in [-0.2, -0.15) is 0 Å². The van der Waals surface area contributed by atoms with Crippen LogP contribution < -0.4 is 5.73 Å². The third-order valence-electron chi connectivity index (χ3n) is 5.91. The second-order valence-electron chi connectivity index (χ2n) is 8.84. The summed E-state index contributed by atoms with van der Waals surface area (Å²) in [5.74, 6) is 0. The van der Waals surface area contributed by atoms with Crippen molar-refractivity contribution in [2.24, 2.45) is 5.73 Å². The Hall–Kier alpha value is -0.540. The average Bonchev–Trinajstić information content (AvgIpc) is 2.77. The van der Waals surface area contributed by atoms with Gasteiger partial charge >= 0.3 is 0 Å². The van der Waals surface area contributed by atoms with E-state index in [1.54, 1.807) is 6.08 Å². The van der Waals surface area contributed by atoms with E-state index in [4.69, 9.17) is 15.2 Å². The molecule has 0 aromatic heterocycles. The number of hydrogen-bond acceptors (Lipinski definition) is 7. The number of hydrogen-bond donors (Lipinski definition) is 5. The molecule has 1 heterocycles. The lowest BCUT2D eigenvalue weighted by Crippen LogP contribution is -2.51. The lowest BCUT2D eigenvalue weighted by Gasteiger charge is -2.36. The number of rotatable bonds is 18. The maximum Gasteiger partial charge on any atom is 0.186 e. The van der Waals surface area contributed by atoms with Crippen molar-refractivity contribution in [3.05, 3.63) is 12.2 Å². The maximum absolute atomic E-state index is 10.2. The highest BCUT2D eigenvalue weighted by Gasteiger charge is 2.37. The van der Waals surface area contributed by atoms with Gasteiger partial charge in [0.25, 0.3) is 0 Å².